The van der Waals surface area contributed by atoms with Crippen molar-refractivity contribution in [3.8, 4) is 17.0 Å². The highest BCUT2D eigenvalue weighted by atomic mass is 19.1. The summed E-state index contributed by atoms with van der Waals surface area (Å²) >= 11 is 0. The van der Waals surface area contributed by atoms with E-state index in [1.807, 2.05) is 6.92 Å². The average Bonchev–Trinajstić information content (AvgIpc) is 2.72. The van der Waals surface area contributed by atoms with E-state index in [9.17, 15) is 4.39 Å². The third-order valence-electron chi connectivity index (χ3n) is 4.58. The number of rotatable bonds is 5. The van der Waals surface area contributed by atoms with Crippen LogP contribution in [-0.4, -0.2) is 28.9 Å². The van der Waals surface area contributed by atoms with Gasteiger partial charge in [-0.05, 0) is 41.0 Å². The predicted molar refractivity (Wildman–Crippen MR) is 102 cm³/mol. The summed E-state index contributed by atoms with van der Waals surface area (Å²) in [5, 5.41) is 1.82. The number of ether oxygens (including phenoxy) is 2. The average molecular weight is 381 g/mol. The smallest absolute Gasteiger partial charge is 0.188 e. The van der Waals surface area contributed by atoms with Gasteiger partial charge in [0, 0.05) is 30.5 Å². The van der Waals surface area contributed by atoms with Crippen LogP contribution in [0.5, 0.6) is 5.75 Å². The number of nitrogens with zero attached hydrogens (tertiary/aromatic N) is 3. The molecule has 2 aromatic heterocycles. The van der Waals surface area contributed by atoms with Crippen molar-refractivity contribution in [1.29, 1.82) is 0 Å². The van der Waals surface area contributed by atoms with Gasteiger partial charge >= 0.3 is 0 Å². The molecule has 0 spiro atoms. The van der Waals surface area contributed by atoms with Crippen molar-refractivity contribution >= 4 is 21.7 Å². The van der Waals surface area contributed by atoms with Crippen molar-refractivity contribution in [2.75, 3.05) is 13.9 Å². The van der Waals surface area contributed by atoms with Crippen LogP contribution in [0.4, 0.5) is 8.78 Å². The van der Waals surface area contributed by atoms with Crippen LogP contribution < -0.4 is 4.74 Å². The van der Waals surface area contributed by atoms with E-state index in [0.717, 1.165) is 5.39 Å². The highest BCUT2D eigenvalue weighted by molar-refractivity contribution is 6.00. The lowest BCUT2D eigenvalue weighted by Gasteiger charge is -2.15. The van der Waals surface area contributed by atoms with E-state index in [2.05, 4.69) is 15.0 Å². The molecule has 142 valence electrons. The molecule has 0 aliphatic heterocycles. The molecule has 0 saturated carbocycles. The molecule has 0 fully saturated rings. The Morgan fingerprint density at radius 1 is 1.04 bits per heavy atom. The van der Waals surface area contributed by atoms with Crippen LogP contribution in [0.2, 0.25) is 0 Å². The summed E-state index contributed by atoms with van der Waals surface area (Å²) in [4.78, 5) is 12.2. The van der Waals surface area contributed by atoms with Gasteiger partial charge in [-0.15, -0.1) is 0 Å². The highest BCUT2D eigenvalue weighted by Gasteiger charge is 2.19. The van der Waals surface area contributed by atoms with Crippen molar-refractivity contribution in [2.24, 2.45) is 0 Å². The van der Waals surface area contributed by atoms with Crippen LogP contribution in [0.15, 0.2) is 43.0 Å². The second-order valence-corrected chi connectivity index (χ2v) is 6.25. The van der Waals surface area contributed by atoms with Gasteiger partial charge < -0.3 is 9.47 Å². The number of fused-ring (bicyclic) bond motifs is 2. The molecule has 2 heterocycles. The number of pyridine rings is 1. The maximum absolute atomic E-state index is 15.3. The summed E-state index contributed by atoms with van der Waals surface area (Å²) in [6, 6.07) is 6.48. The van der Waals surface area contributed by atoms with Gasteiger partial charge in [0.15, 0.2) is 12.6 Å². The highest BCUT2D eigenvalue weighted by Crippen LogP contribution is 2.37. The third kappa shape index (κ3) is 3.03. The molecule has 0 radical (unpaired) electrons. The van der Waals surface area contributed by atoms with Gasteiger partial charge in [-0.3, -0.25) is 4.98 Å². The van der Waals surface area contributed by atoms with Gasteiger partial charge in [0.2, 0.25) is 0 Å². The zero-order valence-corrected chi connectivity index (χ0v) is 15.4. The van der Waals surface area contributed by atoms with Crippen LogP contribution in [0, 0.1) is 11.6 Å². The first-order valence-corrected chi connectivity index (χ1v) is 8.75. The lowest BCUT2D eigenvalue weighted by Crippen LogP contribution is -2.02. The minimum absolute atomic E-state index is 0.0353. The van der Waals surface area contributed by atoms with Crippen LogP contribution in [-0.2, 0) is 11.2 Å². The molecular weight excluding hydrogens is 364 g/mol. The molecule has 0 saturated heterocycles. The predicted octanol–water partition coefficient (Wildman–Crippen LogP) is 4.67. The molecule has 0 aliphatic carbocycles. The molecule has 5 nitrogen and oxygen atoms in total. The maximum atomic E-state index is 15.3. The molecule has 0 unspecified atom stereocenters. The lowest BCUT2D eigenvalue weighted by atomic mass is 9.94. The zero-order chi connectivity index (χ0) is 19.7. The van der Waals surface area contributed by atoms with E-state index in [0.29, 0.717) is 34.1 Å². The Morgan fingerprint density at radius 2 is 1.89 bits per heavy atom. The number of methoxy groups -OCH3 is 1. The Labute approximate surface area is 160 Å². The topological polar surface area (TPSA) is 57.1 Å². The fourth-order valence-corrected chi connectivity index (χ4v) is 3.34. The van der Waals surface area contributed by atoms with Crippen LogP contribution >= 0.6 is 0 Å². The first-order valence-electron chi connectivity index (χ1n) is 8.75. The summed E-state index contributed by atoms with van der Waals surface area (Å²) in [6.45, 7) is 1.89. The Hall–Kier alpha value is -3.19. The van der Waals surface area contributed by atoms with E-state index in [1.54, 1.807) is 18.2 Å². The molecule has 0 N–H and O–H groups in total. The molecule has 4 rings (SSSR count). The van der Waals surface area contributed by atoms with Crippen molar-refractivity contribution in [3.05, 3.63) is 60.2 Å². The van der Waals surface area contributed by atoms with Crippen molar-refractivity contribution < 1.29 is 18.3 Å². The van der Waals surface area contributed by atoms with Gasteiger partial charge in [0.1, 0.15) is 29.1 Å². The third-order valence-corrected chi connectivity index (χ3v) is 4.58. The quantitative estimate of drug-likeness (QED) is 0.470. The molecule has 0 bridgehead atoms. The molecule has 7 heteroatoms. The number of hydrogen-bond acceptors (Lipinski definition) is 5. The molecular formula is C21H17F2N3O2. The number of aromatic nitrogens is 3. The van der Waals surface area contributed by atoms with Gasteiger partial charge in [0.25, 0.3) is 0 Å². The zero-order valence-electron chi connectivity index (χ0n) is 15.4. The molecule has 28 heavy (non-hydrogen) atoms. The minimum Gasteiger partial charge on any atom is -0.468 e. The molecule has 2 aromatic carbocycles. The number of halogens is 2. The SMILES string of the molecule is CCc1c(F)ccc2cc(OCOC)cc(-c3ncc4cncnc4c3F)c12. The standard InChI is InChI=1S/C21H17F2N3O2/c1-3-15-17(22)5-4-12-6-14(28-11-27-2)7-16(18(12)15)21-19(23)20-13(9-25-21)8-24-10-26-20/h4-10H,3,11H2,1-2H3. The van der Waals surface area contributed by atoms with E-state index in [4.69, 9.17) is 9.47 Å². The number of aryl methyl sites for hydroxylation is 1. The summed E-state index contributed by atoms with van der Waals surface area (Å²) in [5.41, 5.74) is 1.18. The minimum atomic E-state index is -0.587. The van der Waals surface area contributed by atoms with Gasteiger partial charge in [-0.25, -0.2) is 18.7 Å². The van der Waals surface area contributed by atoms with Gasteiger partial charge in [0.05, 0.1) is 0 Å². The van der Waals surface area contributed by atoms with E-state index < -0.39 is 5.82 Å². The summed E-state index contributed by atoms with van der Waals surface area (Å²) < 4.78 is 40.3. The van der Waals surface area contributed by atoms with Crippen molar-refractivity contribution in [3.63, 3.8) is 0 Å². The second-order valence-electron chi connectivity index (χ2n) is 6.25. The van der Waals surface area contributed by atoms with Crippen LogP contribution in [0.3, 0.4) is 0 Å². The van der Waals surface area contributed by atoms with E-state index in [1.165, 1.54) is 31.9 Å². The number of hydrogen-bond donors (Lipinski definition) is 0. The van der Waals surface area contributed by atoms with Crippen LogP contribution in [0.25, 0.3) is 32.9 Å². The van der Waals surface area contributed by atoms with Crippen molar-refractivity contribution in [2.45, 2.75) is 13.3 Å². The number of benzene rings is 2. The monoisotopic (exact) mass is 381 g/mol. The summed E-state index contributed by atoms with van der Waals surface area (Å²) in [7, 11) is 1.51. The van der Waals surface area contributed by atoms with Crippen LogP contribution in [0.1, 0.15) is 12.5 Å². The Bertz CT molecular complexity index is 1180. The van der Waals surface area contributed by atoms with Gasteiger partial charge in [-0.1, -0.05) is 13.0 Å². The van der Waals surface area contributed by atoms with E-state index in [-0.39, 0.29) is 23.8 Å². The molecule has 4 aromatic rings. The summed E-state index contributed by atoms with van der Waals surface area (Å²) in [6.07, 6.45) is 4.73. The fraction of sp³-hybridized carbons (Fsp3) is 0.190. The maximum Gasteiger partial charge on any atom is 0.188 e. The fourth-order valence-electron chi connectivity index (χ4n) is 3.34. The largest absolute Gasteiger partial charge is 0.468 e. The Balaban J connectivity index is 2.06. The Kier molecular flexibility index (Phi) is 4.83. The van der Waals surface area contributed by atoms with Crippen molar-refractivity contribution in [1.82, 2.24) is 15.0 Å². The first kappa shape index (κ1) is 18.2. The normalized spacial score (nSPS) is 11.3. The lowest BCUT2D eigenvalue weighted by molar-refractivity contribution is 0.0512. The van der Waals surface area contributed by atoms with Gasteiger partial charge in [-0.2, -0.15) is 0 Å². The molecule has 0 amide bonds. The molecule has 0 aliphatic rings. The summed E-state index contributed by atoms with van der Waals surface area (Å²) in [5.74, 6) is -0.455. The first-order chi connectivity index (χ1) is 13.6. The molecule has 0 atom stereocenters. The Morgan fingerprint density at radius 3 is 2.68 bits per heavy atom. The van der Waals surface area contributed by atoms with E-state index >= 15 is 4.39 Å². The second kappa shape index (κ2) is 7.44.